The second-order valence-corrected chi connectivity index (χ2v) is 7.80. The number of pyridine rings is 1. The standard InChI is InChI=1S/C22H28N4O3/c27-21(15-26-13-16-3-1-2-4-17(16)14-26)12-24-22(28)18-9-20(11-23-10-18)25-19-5-7-29-8-6-19/h1-4,9-11,19,21,25,27H,5-8,12-15H2,(H,24,28)/t21-/m0/s1. The van der Waals surface area contributed by atoms with Crippen molar-refractivity contribution in [1.29, 1.82) is 0 Å². The minimum atomic E-state index is -0.621. The van der Waals surface area contributed by atoms with Crippen molar-refractivity contribution in [2.45, 2.75) is 38.1 Å². The number of aliphatic hydroxyl groups is 1. The van der Waals surface area contributed by atoms with Crippen LogP contribution in [0.5, 0.6) is 0 Å². The van der Waals surface area contributed by atoms with E-state index in [1.54, 1.807) is 18.5 Å². The number of rotatable bonds is 7. The third-order valence-electron chi connectivity index (χ3n) is 5.47. The maximum atomic E-state index is 12.5. The zero-order valence-corrected chi connectivity index (χ0v) is 16.5. The number of nitrogens with zero attached hydrogens (tertiary/aromatic N) is 2. The van der Waals surface area contributed by atoms with Crippen LogP contribution in [0.25, 0.3) is 0 Å². The van der Waals surface area contributed by atoms with Crippen molar-refractivity contribution in [2.75, 3.05) is 31.6 Å². The van der Waals surface area contributed by atoms with Gasteiger partial charge in [-0.1, -0.05) is 24.3 Å². The number of fused-ring (bicyclic) bond motifs is 1. The number of anilines is 1. The first kappa shape index (κ1) is 19.8. The Hall–Kier alpha value is -2.48. The van der Waals surface area contributed by atoms with Gasteiger partial charge >= 0.3 is 0 Å². The van der Waals surface area contributed by atoms with E-state index in [0.717, 1.165) is 44.8 Å². The van der Waals surface area contributed by atoms with Gasteiger partial charge in [-0.15, -0.1) is 0 Å². The zero-order valence-electron chi connectivity index (χ0n) is 16.5. The van der Waals surface area contributed by atoms with E-state index in [4.69, 9.17) is 4.74 Å². The summed E-state index contributed by atoms with van der Waals surface area (Å²) < 4.78 is 5.37. The molecule has 1 fully saturated rings. The predicted molar refractivity (Wildman–Crippen MR) is 111 cm³/mol. The number of β-amino-alcohol motifs (C(OH)–C–C–N with tert-alkyl or cyclic N) is 1. The number of benzene rings is 1. The minimum absolute atomic E-state index is 0.212. The third kappa shape index (κ3) is 5.32. The van der Waals surface area contributed by atoms with Crippen LogP contribution in [0.15, 0.2) is 42.7 Å². The lowest BCUT2D eigenvalue weighted by Crippen LogP contribution is -2.38. The molecule has 7 heteroatoms. The van der Waals surface area contributed by atoms with Gasteiger partial charge in [-0.3, -0.25) is 14.7 Å². The summed E-state index contributed by atoms with van der Waals surface area (Å²) in [6, 6.07) is 10.5. The Bertz CT molecular complexity index is 813. The SMILES string of the molecule is O=C(NC[C@H](O)CN1Cc2ccccc2C1)c1cncc(NC2CCOCC2)c1. The van der Waals surface area contributed by atoms with Crippen LogP contribution in [0.1, 0.15) is 34.3 Å². The van der Waals surface area contributed by atoms with Gasteiger partial charge in [0.2, 0.25) is 0 Å². The molecule has 2 aromatic rings. The molecule has 4 rings (SSSR count). The van der Waals surface area contributed by atoms with E-state index in [1.165, 1.54) is 11.1 Å². The summed E-state index contributed by atoms with van der Waals surface area (Å²) in [7, 11) is 0. The molecule has 0 spiro atoms. The Morgan fingerprint density at radius 3 is 2.66 bits per heavy atom. The van der Waals surface area contributed by atoms with E-state index in [0.29, 0.717) is 18.2 Å². The number of hydrogen-bond acceptors (Lipinski definition) is 6. The molecular formula is C22H28N4O3. The lowest BCUT2D eigenvalue weighted by Gasteiger charge is -2.24. The molecule has 2 aliphatic heterocycles. The Kier molecular flexibility index (Phi) is 6.39. The molecule has 1 saturated heterocycles. The van der Waals surface area contributed by atoms with Crippen LogP contribution in [0.4, 0.5) is 5.69 Å². The lowest BCUT2D eigenvalue weighted by molar-refractivity contribution is 0.0855. The second kappa shape index (κ2) is 9.35. The Labute approximate surface area is 171 Å². The highest BCUT2D eigenvalue weighted by atomic mass is 16.5. The third-order valence-corrected chi connectivity index (χ3v) is 5.47. The van der Waals surface area contributed by atoms with Crippen LogP contribution in [-0.2, 0) is 17.8 Å². The maximum absolute atomic E-state index is 12.5. The average Bonchev–Trinajstić information content (AvgIpc) is 3.15. The Morgan fingerprint density at radius 1 is 1.21 bits per heavy atom. The number of carbonyl (C=O) groups is 1. The van der Waals surface area contributed by atoms with Crippen LogP contribution in [0.3, 0.4) is 0 Å². The summed E-state index contributed by atoms with van der Waals surface area (Å²) in [5.74, 6) is -0.225. The average molecular weight is 396 g/mol. The molecule has 3 heterocycles. The first-order valence-corrected chi connectivity index (χ1v) is 10.2. The topological polar surface area (TPSA) is 86.7 Å². The number of aromatic nitrogens is 1. The van der Waals surface area contributed by atoms with Gasteiger partial charge in [-0.2, -0.15) is 0 Å². The summed E-state index contributed by atoms with van der Waals surface area (Å²) in [5.41, 5.74) is 3.94. The fraction of sp³-hybridized carbons (Fsp3) is 0.455. The van der Waals surface area contributed by atoms with Gasteiger partial charge in [0.05, 0.1) is 17.4 Å². The summed E-state index contributed by atoms with van der Waals surface area (Å²) in [6.07, 6.45) is 4.55. The quantitative estimate of drug-likeness (QED) is 0.661. The van der Waals surface area contributed by atoms with Crippen molar-refractivity contribution in [2.24, 2.45) is 0 Å². The monoisotopic (exact) mass is 396 g/mol. The molecule has 0 bridgehead atoms. The Morgan fingerprint density at radius 2 is 1.93 bits per heavy atom. The minimum Gasteiger partial charge on any atom is -0.390 e. The van der Waals surface area contributed by atoms with Gasteiger partial charge in [-0.25, -0.2) is 0 Å². The first-order chi connectivity index (χ1) is 14.2. The summed E-state index contributed by atoms with van der Waals surface area (Å²) in [5, 5.41) is 16.6. The van der Waals surface area contributed by atoms with E-state index in [1.807, 2.05) is 12.1 Å². The van der Waals surface area contributed by atoms with E-state index in [-0.39, 0.29) is 12.5 Å². The van der Waals surface area contributed by atoms with Gasteiger partial charge in [0, 0.05) is 57.8 Å². The first-order valence-electron chi connectivity index (χ1n) is 10.2. The number of carbonyl (C=O) groups excluding carboxylic acids is 1. The fourth-order valence-electron chi connectivity index (χ4n) is 3.93. The van der Waals surface area contributed by atoms with Gasteiger partial charge in [0.15, 0.2) is 0 Å². The van der Waals surface area contributed by atoms with Gasteiger partial charge < -0.3 is 20.5 Å². The molecule has 2 aliphatic rings. The van der Waals surface area contributed by atoms with E-state index in [2.05, 4.69) is 32.7 Å². The highest BCUT2D eigenvalue weighted by Crippen LogP contribution is 2.22. The van der Waals surface area contributed by atoms with Crippen molar-refractivity contribution in [3.8, 4) is 0 Å². The smallest absolute Gasteiger partial charge is 0.253 e. The van der Waals surface area contributed by atoms with Gasteiger partial charge in [0.1, 0.15) is 0 Å². The van der Waals surface area contributed by atoms with Crippen molar-refractivity contribution >= 4 is 11.6 Å². The van der Waals surface area contributed by atoms with Gasteiger partial charge in [0.25, 0.3) is 5.91 Å². The molecule has 1 amide bonds. The van der Waals surface area contributed by atoms with Gasteiger partial charge in [-0.05, 0) is 30.0 Å². The number of nitrogens with one attached hydrogen (secondary N) is 2. The second-order valence-electron chi connectivity index (χ2n) is 7.80. The van der Waals surface area contributed by atoms with E-state index >= 15 is 0 Å². The number of ether oxygens (including phenoxy) is 1. The largest absolute Gasteiger partial charge is 0.390 e. The van der Waals surface area contributed by atoms with E-state index < -0.39 is 6.10 Å². The molecule has 7 nitrogen and oxygen atoms in total. The van der Waals surface area contributed by atoms with Crippen LogP contribution in [0, 0.1) is 0 Å². The molecule has 3 N–H and O–H groups in total. The number of hydrogen-bond donors (Lipinski definition) is 3. The lowest BCUT2D eigenvalue weighted by atomic mass is 10.1. The molecule has 1 aromatic heterocycles. The number of aliphatic hydroxyl groups excluding tert-OH is 1. The maximum Gasteiger partial charge on any atom is 0.253 e. The van der Waals surface area contributed by atoms with Crippen LogP contribution < -0.4 is 10.6 Å². The van der Waals surface area contributed by atoms with E-state index in [9.17, 15) is 9.90 Å². The molecule has 29 heavy (non-hydrogen) atoms. The zero-order chi connectivity index (χ0) is 20.1. The highest BCUT2D eigenvalue weighted by molar-refractivity contribution is 5.94. The highest BCUT2D eigenvalue weighted by Gasteiger charge is 2.21. The van der Waals surface area contributed by atoms with Crippen molar-refractivity contribution in [3.05, 3.63) is 59.4 Å². The molecule has 0 aliphatic carbocycles. The molecule has 1 atom stereocenters. The molecule has 154 valence electrons. The van der Waals surface area contributed by atoms with Crippen LogP contribution in [0.2, 0.25) is 0 Å². The molecule has 1 aromatic carbocycles. The molecule has 0 saturated carbocycles. The van der Waals surface area contributed by atoms with Crippen LogP contribution >= 0.6 is 0 Å². The molecular weight excluding hydrogens is 368 g/mol. The fourth-order valence-corrected chi connectivity index (χ4v) is 3.93. The summed E-state index contributed by atoms with van der Waals surface area (Å²) >= 11 is 0. The summed E-state index contributed by atoms with van der Waals surface area (Å²) in [6.45, 7) is 3.93. The normalized spacial score (nSPS) is 18.2. The Balaban J connectivity index is 1.24. The number of amides is 1. The van der Waals surface area contributed by atoms with Crippen molar-refractivity contribution < 1.29 is 14.6 Å². The van der Waals surface area contributed by atoms with Crippen molar-refractivity contribution in [3.63, 3.8) is 0 Å². The molecule has 0 radical (unpaired) electrons. The summed E-state index contributed by atoms with van der Waals surface area (Å²) in [4.78, 5) is 18.9. The van der Waals surface area contributed by atoms with Crippen LogP contribution in [-0.4, -0.2) is 59.3 Å². The van der Waals surface area contributed by atoms with Crippen molar-refractivity contribution in [1.82, 2.24) is 15.2 Å². The molecule has 0 unspecified atom stereocenters. The predicted octanol–water partition coefficient (Wildman–Crippen LogP) is 1.78.